The van der Waals surface area contributed by atoms with Gasteiger partial charge in [0.1, 0.15) is 0 Å². The van der Waals surface area contributed by atoms with E-state index in [4.69, 9.17) is 0 Å². The molecule has 1 N–H and O–H groups in total. The average Bonchev–Trinajstić information content (AvgIpc) is 2.77. The summed E-state index contributed by atoms with van der Waals surface area (Å²) in [6.45, 7) is 2.38. The van der Waals surface area contributed by atoms with Crippen molar-refractivity contribution < 1.29 is 0 Å². The van der Waals surface area contributed by atoms with Gasteiger partial charge in [0, 0.05) is 0 Å². The molecule has 1 heterocycles. The highest BCUT2D eigenvalue weighted by atomic mass is 14.9. The number of hydrogen-bond donors (Lipinski definition) is 1. The molecule has 0 radical (unpaired) electrons. The normalized spacial score (nSPS) is 23.2. The van der Waals surface area contributed by atoms with Gasteiger partial charge in [0.2, 0.25) is 0 Å². The van der Waals surface area contributed by atoms with Gasteiger partial charge in [-0.05, 0) is 61.7 Å². The van der Waals surface area contributed by atoms with Crippen molar-refractivity contribution in [2.75, 3.05) is 13.1 Å². The Morgan fingerprint density at radius 1 is 0.632 bits per heavy atom. The summed E-state index contributed by atoms with van der Waals surface area (Å²) in [5, 5.41) is 3.45. The van der Waals surface area contributed by atoms with E-state index in [1.165, 1.54) is 64.5 Å². The summed E-state index contributed by atoms with van der Waals surface area (Å²) in [6, 6.07) is 9.67. The molecule has 104 valence electrons. The van der Waals surface area contributed by atoms with Crippen molar-refractivity contribution in [1.82, 2.24) is 5.32 Å². The van der Waals surface area contributed by atoms with E-state index in [0.717, 1.165) is 11.8 Å². The van der Waals surface area contributed by atoms with Gasteiger partial charge in [-0.2, -0.15) is 0 Å². The molecule has 19 heavy (non-hydrogen) atoms. The fraction of sp³-hybridized carbons (Fsp3) is 0.667. The van der Waals surface area contributed by atoms with Crippen molar-refractivity contribution in [3.05, 3.63) is 35.4 Å². The van der Waals surface area contributed by atoms with Crippen LogP contribution in [0.15, 0.2) is 24.3 Å². The van der Waals surface area contributed by atoms with Crippen LogP contribution in [0.1, 0.15) is 74.3 Å². The molecule has 0 aromatic heterocycles. The standard InChI is InChI=1S/C18H27N/c1-2-4-6-15(5-3-1)16-7-9-17(10-8-16)18-11-13-19-14-12-18/h7-10,15,18-19H,1-6,11-14H2. The van der Waals surface area contributed by atoms with Crippen LogP contribution in [0.25, 0.3) is 0 Å². The molecule has 0 spiro atoms. The highest BCUT2D eigenvalue weighted by Crippen LogP contribution is 2.33. The molecular weight excluding hydrogens is 230 g/mol. The number of hydrogen-bond acceptors (Lipinski definition) is 1. The second kappa shape index (κ2) is 6.56. The molecule has 2 aliphatic rings. The van der Waals surface area contributed by atoms with Crippen molar-refractivity contribution in [1.29, 1.82) is 0 Å². The van der Waals surface area contributed by atoms with E-state index in [0.29, 0.717) is 0 Å². The van der Waals surface area contributed by atoms with E-state index in [2.05, 4.69) is 29.6 Å². The van der Waals surface area contributed by atoms with E-state index >= 15 is 0 Å². The zero-order chi connectivity index (χ0) is 12.9. The Labute approximate surface area is 117 Å². The summed E-state index contributed by atoms with van der Waals surface area (Å²) >= 11 is 0. The van der Waals surface area contributed by atoms with Gasteiger partial charge in [0.15, 0.2) is 0 Å². The predicted octanol–water partition coefficient (Wildman–Crippen LogP) is 4.59. The summed E-state index contributed by atoms with van der Waals surface area (Å²) < 4.78 is 0. The van der Waals surface area contributed by atoms with Crippen LogP contribution in [0.5, 0.6) is 0 Å². The lowest BCUT2D eigenvalue weighted by Gasteiger charge is -2.23. The largest absolute Gasteiger partial charge is 0.317 e. The van der Waals surface area contributed by atoms with Crippen LogP contribution >= 0.6 is 0 Å². The second-order valence-corrected chi connectivity index (χ2v) is 6.38. The molecule has 0 bridgehead atoms. The summed E-state index contributed by atoms with van der Waals surface area (Å²) in [5.41, 5.74) is 3.17. The van der Waals surface area contributed by atoms with Crippen LogP contribution in [0.2, 0.25) is 0 Å². The fourth-order valence-corrected chi connectivity index (χ4v) is 3.81. The quantitative estimate of drug-likeness (QED) is 0.764. The first-order chi connectivity index (χ1) is 9.43. The minimum Gasteiger partial charge on any atom is -0.317 e. The maximum absolute atomic E-state index is 3.45. The lowest BCUT2D eigenvalue weighted by Crippen LogP contribution is -2.26. The fourth-order valence-electron chi connectivity index (χ4n) is 3.81. The summed E-state index contributed by atoms with van der Waals surface area (Å²) in [5.74, 6) is 1.63. The van der Waals surface area contributed by atoms with E-state index in [1.54, 1.807) is 11.1 Å². The monoisotopic (exact) mass is 257 g/mol. The van der Waals surface area contributed by atoms with Crippen molar-refractivity contribution in [3.63, 3.8) is 0 Å². The molecule has 1 aromatic rings. The lowest BCUT2D eigenvalue weighted by atomic mass is 9.87. The Bertz CT molecular complexity index is 367. The average molecular weight is 257 g/mol. The van der Waals surface area contributed by atoms with Gasteiger partial charge >= 0.3 is 0 Å². The Morgan fingerprint density at radius 2 is 1.11 bits per heavy atom. The smallest absolute Gasteiger partial charge is 0.00431 e. The number of benzene rings is 1. The number of piperidine rings is 1. The van der Waals surface area contributed by atoms with Crippen molar-refractivity contribution >= 4 is 0 Å². The molecule has 1 heteroatoms. The van der Waals surface area contributed by atoms with Gasteiger partial charge in [-0.15, -0.1) is 0 Å². The maximum Gasteiger partial charge on any atom is -0.00431 e. The van der Waals surface area contributed by atoms with E-state index in [9.17, 15) is 0 Å². The SMILES string of the molecule is c1cc(C2CCNCC2)ccc1C1CCCCCC1. The Morgan fingerprint density at radius 3 is 1.63 bits per heavy atom. The third kappa shape index (κ3) is 3.39. The molecule has 1 aromatic carbocycles. The van der Waals surface area contributed by atoms with E-state index in [-0.39, 0.29) is 0 Å². The zero-order valence-corrected chi connectivity index (χ0v) is 12.0. The molecule has 1 saturated carbocycles. The summed E-state index contributed by atoms with van der Waals surface area (Å²) in [7, 11) is 0. The summed E-state index contributed by atoms with van der Waals surface area (Å²) in [4.78, 5) is 0. The second-order valence-electron chi connectivity index (χ2n) is 6.38. The minimum atomic E-state index is 0.796. The van der Waals surface area contributed by atoms with Gasteiger partial charge in [0.25, 0.3) is 0 Å². The molecule has 1 saturated heterocycles. The van der Waals surface area contributed by atoms with Gasteiger partial charge in [-0.1, -0.05) is 49.9 Å². The van der Waals surface area contributed by atoms with Gasteiger partial charge in [-0.25, -0.2) is 0 Å². The van der Waals surface area contributed by atoms with Crippen LogP contribution in [0, 0.1) is 0 Å². The first kappa shape index (κ1) is 13.2. The van der Waals surface area contributed by atoms with Crippen LogP contribution < -0.4 is 5.32 Å². The highest BCUT2D eigenvalue weighted by molar-refractivity contribution is 5.28. The van der Waals surface area contributed by atoms with E-state index < -0.39 is 0 Å². The zero-order valence-electron chi connectivity index (χ0n) is 12.0. The topological polar surface area (TPSA) is 12.0 Å². The van der Waals surface area contributed by atoms with Gasteiger partial charge < -0.3 is 5.32 Å². The van der Waals surface area contributed by atoms with Crippen LogP contribution in [-0.4, -0.2) is 13.1 Å². The molecule has 1 aliphatic carbocycles. The molecule has 0 amide bonds. The van der Waals surface area contributed by atoms with Crippen molar-refractivity contribution in [2.45, 2.75) is 63.2 Å². The van der Waals surface area contributed by atoms with E-state index in [1.807, 2.05) is 0 Å². The molecular formula is C18H27N. The Balaban J connectivity index is 1.67. The Kier molecular flexibility index (Phi) is 4.55. The minimum absolute atomic E-state index is 0.796. The van der Waals surface area contributed by atoms with Gasteiger partial charge in [0.05, 0.1) is 0 Å². The maximum atomic E-state index is 3.45. The highest BCUT2D eigenvalue weighted by Gasteiger charge is 2.17. The van der Waals surface area contributed by atoms with Gasteiger partial charge in [-0.3, -0.25) is 0 Å². The van der Waals surface area contributed by atoms with Crippen LogP contribution in [0.4, 0.5) is 0 Å². The molecule has 0 atom stereocenters. The number of nitrogens with one attached hydrogen (secondary N) is 1. The number of rotatable bonds is 2. The third-order valence-corrected chi connectivity index (χ3v) is 5.07. The van der Waals surface area contributed by atoms with Crippen LogP contribution in [-0.2, 0) is 0 Å². The van der Waals surface area contributed by atoms with Crippen LogP contribution in [0.3, 0.4) is 0 Å². The molecule has 3 rings (SSSR count). The Hall–Kier alpha value is -0.820. The molecule has 1 nitrogen and oxygen atoms in total. The third-order valence-electron chi connectivity index (χ3n) is 5.07. The molecule has 0 unspecified atom stereocenters. The first-order valence-corrected chi connectivity index (χ1v) is 8.24. The van der Waals surface area contributed by atoms with Crippen molar-refractivity contribution in [3.8, 4) is 0 Å². The molecule has 1 aliphatic heterocycles. The van der Waals surface area contributed by atoms with Crippen molar-refractivity contribution in [2.24, 2.45) is 0 Å². The molecule has 2 fully saturated rings. The summed E-state index contributed by atoms with van der Waals surface area (Å²) in [6.07, 6.45) is 11.2. The predicted molar refractivity (Wildman–Crippen MR) is 81.7 cm³/mol. The first-order valence-electron chi connectivity index (χ1n) is 8.24. The lowest BCUT2D eigenvalue weighted by molar-refractivity contribution is 0.460.